The van der Waals surface area contributed by atoms with Crippen LogP contribution >= 0.6 is 0 Å². The van der Waals surface area contributed by atoms with Crippen molar-refractivity contribution < 1.29 is 18.3 Å². The number of rotatable bonds is 12. The fourth-order valence-electron chi connectivity index (χ4n) is 5.75. The Morgan fingerprint density at radius 1 is 0.814 bits per heavy atom. The lowest BCUT2D eigenvalue weighted by atomic mass is 10.0. The van der Waals surface area contributed by atoms with Gasteiger partial charge >= 0.3 is 0 Å². The summed E-state index contributed by atoms with van der Waals surface area (Å²) in [6, 6.07) is 21.8. The smallest absolute Gasteiger partial charge is 0.261 e. The maximum absolute atomic E-state index is 7.27. The van der Waals surface area contributed by atoms with E-state index in [1.807, 2.05) is 13.8 Å². The van der Waals surface area contributed by atoms with Gasteiger partial charge in [0, 0.05) is 6.10 Å². The van der Waals surface area contributed by atoms with E-state index in [-0.39, 0.29) is 28.4 Å². The highest BCUT2D eigenvalue weighted by Crippen LogP contribution is 2.38. The van der Waals surface area contributed by atoms with E-state index in [4.69, 9.17) is 18.3 Å². The van der Waals surface area contributed by atoms with Crippen LogP contribution in [0, 0.1) is 11.8 Å². The van der Waals surface area contributed by atoms with Gasteiger partial charge in [-0.1, -0.05) is 133 Å². The maximum atomic E-state index is 7.27. The molecule has 0 aromatic heterocycles. The average Bonchev–Trinajstić information content (AvgIpc) is 3.22. The van der Waals surface area contributed by atoms with E-state index in [1.54, 1.807) is 0 Å². The van der Waals surface area contributed by atoms with Crippen molar-refractivity contribution in [3.05, 3.63) is 60.7 Å². The molecule has 0 amide bonds. The standard InChI is InChI=1S/C37H58O4Si2/c1-30(41-43(36(5,6)7,31-23-16-13-17-24-31)32-25-18-14-19-26-32)22-15-12-20-27-33-34(40-37(8,9)39-33)28-21-29-38-42(10,11)35(2,3)4/h13-14,16-19,23-26,30,33-34H,12,15,20,22,27,29H2,1-11H3/t30-,33+,34+/m1/s1. The first-order chi connectivity index (χ1) is 20.0. The van der Waals surface area contributed by atoms with Crippen molar-refractivity contribution in [2.45, 2.75) is 142 Å². The van der Waals surface area contributed by atoms with Gasteiger partial charge in [0.05, 0.1) is 12.7 Å². The van der Waals surface area contributed by atoms with E-state index in [0.29, 0.717) is 6.61 Å². The van der Waals surface area contributed by atoms with Crippen molar-refractivity contribution in [3.8, 4) is 11.8 Å². The van der Waals surface area contributed by atoms with Crippen molar-refractivity contribution in [1.82, 2.24) is 0 Å². The Morgan fingerprint density at radius 2 is 1.37 bits per heavy atom. The van der Waals surface area contributed by atoms with Crippen LogP contribution in [0.2, 0.25) is 23.2 Å². The van der Waals surface area contributed by atoms with Gasteiger partial charge in [-0.3, -0.25) is 0 Å². The predicted molar refractivity (Wildman–Crippen MR) is 186 cm³/mol. The number of hydrogen-bond donors (Lipinski definition) is 0. The molecule has 0 N–H and O–H groups in total. The molecule has 6 heteroatoms. The zero-order valence-electron chi connectivity index (χ0n) is 28.9. The molecule has 4 nitrogen and oxygen atoms in total. The SMILES string of the molecule is C[C@H](CCCCC[C@@H]1OC(C)(C)O[C@H]1C#CCO[Si](C)(C)C(C)(C)C)O[Si](c1ccccc1)(c1ccccc1)C(C)(C)C. The quantitative estimate of drug-likeness (QED) is 0.135. The molecule has 0 radical (unpaired) electrons. The third-order valence-corrected chi connectivity index (χ3v) is 18.8. The molecule has 1 fully saturated rings. The van der Waals surface area contributed by atoms with Crippen LogP contribution < -0.4 is 10.4 Å². The monoisotopic (exact) mass is 622 g/mol. The van der Waals surface area contributed by atoms with Gasteiger partial charge in [-0.05, 0) is 67.2 Å². The summed E-state index contributed by atoms with van der Waals surface area (Å²) in [5, 5.41) is 2.84. The normalized spacial score (nSPS) is 20.0. The van der Waals surface area contributed by atoms with Crippen LogP contribution in [-0.2, 0) is 18.3 Å². The Morgan fingerprint density at radius 3 is 1.88 bits per heavy atom. The van der Waals surface area contributed by atoms with Crippen molar-refractivity contribution in [2.75, 3.05) is 6.61 Å². The summed E-state index contributed by atoms with van der Waals surface area (Å²) in [5.74, 6) is 5.96. The third kappa shape index (κ3) is 9.39. The second-order valence-electron chi connectivity index (χ2n) is 15.2. The summed E-state index contributed by atoms with van der Waals surface area (Å²) in [6.45, 7) is 25.0. The van der Waals surface area contributed by atoms with E-state index in [2.05, 4.69) is 134 Å². The van der Waals surface area contributed by atoms with E-state index in [1.165, 1.54) is 10.4 Å². The van der Waals surface area contributed by atoms with Gasteiger partial charge in [-0.2, -0.15) is 0 Å². The minimum atomic E-state index is -2.53. The second kappa shape index (κ2) is 14.6. The van der Waals surface area contributed by atoms with Crippen LogP contribution in [0.4, 0.5) is 0 Å². The van der Waals surface area contributed by atoms with Crippen LogP contribution in [0.1, 0.15) is 94.4 Å². The van der Waals surface area contributed by atoms with E-state index in [9.17, 15) is 0 Å². The first kappa shape index (κ1) is 35.7. The van der Waals surface area contributed by atoms with Crippen LogP contribution in [0.25, 0.3) is 0 Å². The highest BCUT2D eigenvalue weighted by Gasteiger charge is 2.51. The van der Waals surface area contributed by atoms with Gasteiger partial charge < -0.3 is 18.3 Å². The zero-order valence-corrected chi connectivity index (χ0v) is 30.9. The first-order valence-electron chi connectivity index (χ1n) is 16.3. The lowest BCUT2D eigenvalue weighted by molar-refractivity contribution is -0.143. The predicted octanol–water partition coefficient (Wildman–Crippen LogP) is 8.45. The Balaban J connectivity index is 1.57. The zero-order chi connectivity index (χ0) is 31.9. The summed E-state index contributed by atoms with van der Waals surface area (Å²) < 4.78 is 26.0. The van der Waals surface area contributed by atoms with Gasteiger partial charge in [-0.25, -0.2) is 0 Å². The van der Waals surface area contributed by atoms with Gasteiger partial charge in [0.2, 0.25) is 0 Å². The van der Waals surface area contributed by atoms with Crippen molar-refractivity contribution in [3.63, 3.8) is 0 Å². The van der Waals surface area contributed by atoms with Crippen LogP contribution in [0.15, 0.2) is 60.7 Å². The first-order valence-corrected chi connectivity index (χ1v) is 21.1. The molecule has 0 aliphatic carbocycles. The summed E-state index contributed by atoms with van der Waals surface area (Å²) in [4.78, 5) is 0. The molecule has 1 aliphatic heterocycles. The fraction of sp³-hybridized carbons (Fsp3) is 0.622. The molecule has 3 atom stereocenters. The molecule has 0 spiro atoms. The van der Waals surface area contributed by atoms with Crippen molar-refractivity contribution in [1.29, 1.82) is 0 Å². The third-order valence-electron chi connectivity index (χ3n) is 9.13. The Kier molecular flexibility index (Phi) is 12.1. The Bertz CT molecular complexity index is 1150. The number of unbranched alkanes of at least 4 members (excludes halogenated alkanes) is 2. The molecule has 0 unspecified atom stereocenters. The molecule has 1 aliphatic rings. The number of benzene rings is 2. The molecular formula is C37H58O4Si2. The lowest BCUT2D eigenvalue weighted by Gasteiger charge is -2.44. The molecule has 2 aromatic rings. The van der Waals surface area contributed by atoms with Crippen molar-refractivity contribution >= 4 is 27.0 Å². The molecular weight excluding hydrogens is 565 g/mol. The van der Waals surface area contributed by atoms with Gasteiger partial charge in [0.1, 0.15) is 6.10 Å². The summed E-state index contributed by atoms with van der Waals surface area (Å²) in [5.41, 5.74) is 0. The lowest BCUT2D eigenvalue weighted by Crippen LogP contribution is -2.67. The topological polar surface area (TPSA) is 36.9 Å². The summed E-state index contributed by atoms with van der Waals surface area (Å²) >= 11 is 0. The molecule has 0 bridgehead atoms. The molecule has 43 heavy (non-hydrogen) atoms. The maximum Gasteiger partial charge on any atom is 0.261 e. The van der Waals surface area contributed by atoms with E-state index in [0.717, 1.165) is 32.1 Å². The average molecular weight is 623 g/mol. The van der Waals surface area contributed by atoms with Gasteiger partial charge in [-0.15, -0.1) is 0 Å². The highest BCUT2D eigenvalue weighted by atomic mass is 28.4. The van der Waals surface area contributed by atoms with E-state index >= 15 is 0 Å². The highest BCUT2D eigenvalue weighted by molar-refractivity contribution is 6.99. The fourth-order valence-corrected chi connectivity index (χ4v) is 11.4. The molecule has 3 rings (SSSR count). The second-order valence-corrected chi connectivity index (χ2v) is 24.3. The van der Waals surface area contributed by atoms with Crippen LogP contribution in [0.5, 0.6) is 0 Å². The molecule has 2 aromatic carbocycles. The minimum Gasteiger partial charge on any atom is -0.406 e. The minimum absolute atomic E-state index is 0.0116. The Labute approximate surface area is 265 Å². The number of hydrogen-bond acceptors (Lipinski definition) is 4. The number of ether oxygens (including phenoxy) is 2. The molecule has 0 saturated carbocycles. The molecule has 238 valence electrons. The van der Waals surface area contributed by atoms with E-state index < -0.39 is 22.4 Å². The van der Waals surface area contributed by atoms with Gasteiger partial charge in [0.15, 0.2) is 14.1 Å². The summed E-state index contributed by atoms with van der Waals surface area (Å²) in [6.07, 6.45) is 5.24. The Hall–Kier alpha value is -1.73. The van der Waals surface area contributed by atoms with Gasteiger partial charge in [0.25, 0.3) is 8.32 Å². The van der Waals surface area contributed by atoms with Crippen LogP contribution in [0.3, 0.4) is 0 Å². The largest absolute Gasteiger partial charge is 0.406 e. The van der Waals surface area contributed by atoms with Crippen molar-refractivity contribution in [2.24, 2.45) is 0 Å². The summed E-state index contributed by atoms with van der Waals surface area (Å²) in [7, 11) is -4.34. The van der Waals surface area contributed by atoms with Crippen LogP contribution in [-0.4, -0.2) is 47.3 Å². The molecule has 1 heterocycles. The molecule has 1 saturated heterocycles.